The van der Waals surface area contributed by atoms with Gasteiger partial charge in [0, 0.05) is 35.1 Å². The van der Waals surface area contributed by atoms with Crippen LogP contribution in [0, 0.1) is 0 Å². The summed E-state index contributed by atoms with van der Waals surface area (Å²) in [6.07, 6.45) is 0. The minimum absolute atomic E-state index is 0.00954. The quantitative estimate of drug-likeness (QED) is 0.468. The normalized spacial score (nSPS) is 12.2. The molecule has 0 saturated heterocycles. The van der Waals surface area contributed by atoms with Crippen LogP contribution in [0.25, 0.3) is 11.4 Å². The lowest BCUT2D eigenvalue weighted by Crippen LogP contribution is -2.27. The van der Waals surface area contributed by atoms with E-state index in [2.05, 4.69) is 20.4 Å². The third-order valence-corrected chi connectivity index (χ3v) is 6.00. The minimum atomic E-state index is -0.179. The van der Waals surface area contributed by atoms with Crippen LogP contribution in [-0.2, 0) is 11.5 Å². The Bertz CT molecular complexity index is 1190. The Morgan fingerprint density at radius 1 is 1.00 bits per heavy atom. The number of aromatic nitrogens is 3. The Morgan fingerprint density at radius 2 is 1.68 bits per heavy atom. The molecule has 2 aromatic carbocycles. The highest BCUT2D eigenvalue weighted by Gasteiger charge is 2.25. The van der Waals surface area contributed by atoms with Crippen molar-refractivity contribution in [1.82, 2.24) is 14.8 Å². The van der Waals surface area contributed by atoms with Gasteiger partial charge in [0.1, 0.15) is 0 Å². The molecule has 0 bridgehead atoms. The number of benzene rings is 2. The van der Waals surface area contributed by atoms with Crippen molar-refractivity contribution in [3.63, 3.8) is 0 Å². The van der Waals surface area contributed by atoms with E-state index in [0.717, 1.165) is 11.3 Å². The Balaban J connectivity index is 1.48. The molecule has 1 amide bonds. The maximum atomic E-state index is 12.4. The predicted octanol–water partition coefficient (Wildman–Crippen LogP) is 3.49. The van der Waals surface area contributed by atoms with E-state index < -0.39 is 0 Å². The molecular weight excluding hydrogens is 414 g/mol. The molecule has 2 heterocycles. The molecule has 0 saturated carbocycles. The number of hydrogen-bond donors (Lipinski definition) is 1. The monoisotopic (exact) mass is 435 g/mol. The molecule has 0 spiro atoms. The molecule has 1 N–H and O–H groups in total. The van der Waals surface area contributed by atoms with E-state index in [9.17, 15) is 14.4 Å². The summed E-state index contributed by atoms with van der Waals surface area (Å²) in [6, 6.07) is 12.3. The summed E-state index contributed by atoms with van der Waals surface area (Å²) >= 11 is 1.29. The number of hydrogen-bond acceptors (Lipinski definition) is 7. The number of Topliss-reactive ketones (excluding diaryl/α,β-unsaturated/α-hetero) is 2. The van der Waals surface area contributed by atoms with Crippen molar-refractivity contribution in [2.24, 2.45) is 0 Å². The highest BCUT2D eigenvalue weighted by molar-refractivity contribution is 7.99. The van der Waals surface area contributed by atoms with E-state index in [-0.39, 0.29) is 23.2 Å². The van der Waals surface area contributed by atoms with Gasteiger partial charge in [0.25, 0.3) is 0 Å². The third-order valence-electron chi connectivity index (χ3n) is 5.03. The summed E-state index contributed by atoms with van der Waals surface area (Å²) in [7, 11) is 1.96. The molecule has 0 atom stereocenters. The molecule has 0 unspecified atom stereocenters. The highest BCUT2D eigenvalue weighted by atomic mass is 32.2. The van der Waals surface area contributed by atoms with E-state index in [4.69, 9.17) is 0 Å². The van der Waals surface area contributed by atoms with Crippen LogP contribution in [0.1, 0.15) is 34.6 Å². The van der Waals surface area contributed by atoms with Crippen molar-refractivity contribution in [2.75, 3.05) is 23.0 Å². The lowest BCUT2D eigenvalue weighted by molar-refractivity contribution is -0.113. The summed E-state index contributed by atoms with van der Waals surface area (Å²) in [5.74, 6) is 0.633. The molecule has 1 aliphatic rings. The highest BCUT2D eigenvalue weighted by Crippen LogP contribution is 2.36. The number of fused-ring (bicyclic) bond motifs is 3. The van der Waals surface area contributed by atoms with Gasteiger partial charge in [0.2, 0.25) is 5.91 Å². The molecule has 3 aromatic rings. The second kappa shape index (κ2) is 8.35. The Labute approximate surface area is 183 Å². The van der Waals surface area contributed by atoms with Crippen LogP contribution in [0.4, 0.5) is 11.4 Å². The second-order valence-electron chi connectivity index (χ2n) is 7.33. The van der Waals surface area contributed by atoms with Crippen LogP contribution in [-0.4, -0.2) is 45.0 Å². The average molecular weight is 436 g/mol. The van der Waals surface area contributed by atoms with Crippen molar-refractivity contribution in [3.8, 4) is 11.4 Å². The zero-order valence-corrected chi connectivity index (χ0v) is 18.2. The molecule has 0 fully saturated rings. The van der Waals surface area contributed by atoms with Crippen LogP contribution >= 0.6 is 11.8 Å². The fraction of sp³-hybridized carbons (Fsp3) is 0.227. The fourth-order valence-corrected chi connectivity index (χ4v) is 4.12. The minimum Gasteiger partial charge on any atom is -0.356 e. The van der Waals surface area contributed by atoms with Crippen LogP contribution in [0.5, 0.6) is 0 Å². The maximum Gasteiger partial charge on any atom is 0.234 e. The predicted molar refractivity (Wildman–Crippen MR) is 120 cm³/mol. The SMILES string of the molecule is CC(=O)c1ccc(NC(=O)CSc2nnc3n2CN(C)c2ccc(C(C)=O)cc2-3)cc1. The van der Waals surface area contributed by atoms with Crippen LogP contribution in [0.2, 0.25) is 0 Å². The topological polar surface area (TPSA) is 97.2 Å². The van der Waals surface area contributed by atoms with Crippen molar-refractivity contribution in [1.29, 1.82) is 0 Å². The lowest BCUT2D eigenvalue weighted by Gasteiger charge is -2.29. The number of carbonyl (C=O) groups excluding carboxylic acids is 3. The number of amides is 1. The molecular formula is C22H21N5O3S. The van der Waals surface area contributed by atoms with Gasteiger partial charge >= 0.3 is 0 Å². The molecule has 9 heteroatoms. The summed E-state index contributed by atoms with van der Waals surface area (Å²) in [6.45, 7) is 3.58. The first-order valence-electron chi connectivity index (χ1n) is 9.67. The smallest absolute Gasteiger partial charge is 0.234 e. The maximum absolute atomic E-state index is 12.4. The number of thioether (sulfide) groups is 1. The van der Waals surface area contributed by atoms with E-state index in [0.29, 0.717) is 34.5 Å². The zero-order valence-electron chi connectivity index (χ0n) is 17.4. The first-order valence-corrected chi connectivity index (χ1v) is 10.7. The van der Waals surface area contributed by atoms with Gasteiger partial charge in [0.15, 0.2) is 22.5 Å². The summed E-state index contributed by atoms with van der Waals surface area (Å²) in [5.41, 5.74) is 3.67. The number of nitrogens with one attached hydrogen (secondary N) is 1. The van der Waals surface area contributed by atoms with E-state index in [1.807, 2.05) is 29.8 Å². The molecule has 0 aliphatic carbocycles. The Morgan fingerprint density at radius 3 is 2.35 bits per heavy atom. The number of rotatable bonds is 6. The van der Waals surface area contributed by atoms with Crippen LogP contribution in [0.3, 0.4) is 0 Å². The number of carbonyl (C=O) groups is 3. The van der Waals surface area contributed by atoms with Gasteiger partial charge in [-0.15, -0.1) is 10.2 Å². The number of ketones is 2. The standard InChI is InChI=1S/C22H21N5O3S/c1-13(28)15-4-7-17(8-5-15)23-20(30)11-31-22-25-24-21-18-10-16(14(2)29)6-9-19(18)26(3)12-27(21)22/h4-10H,11-12H2,1-3H3,(H,23,30). The van der Waals surface area contributed by atoms with Crippen molar-refractivity contribution in [2.45, 2.75) is 25.7 Å². The summed E-state index contributed by atoms with van der Waals surface area (Å²) in [5, 5.41) is 12.0. The molecule has 4 rings (SSSR count). The summed E-state index contributed by atoms with van der Waals surface area (Å²) < 4.78 is 1.94. The Kier molecular flexibility index (Phi) is 5.60. The number of anilines is 2. The largest absolute Gasteiger partial charge is 0.356 e. The van der Waals surface area contributed by atoms with Gasteiger partial charge in [-0.3, -0.25) is 19.0 Å². The van der Waals surface area contributed by atoms with Gasteiger partial charge in [-0.05, 0) is 56.3 Å². The van der Waals surface area contributed by atoms with Gasteiger partial charge in [-0.1, -0.05) is 11.8 Å². The zero-order chi connectivity index (χ0) is 22.1. The summed E-state index contributed by atoms with van der Waals surface area (Å²) in [4.78, 5) is 37.6. The molecule has 8 nitrogen and oxygen atoms in total. The molecule has 1 aliphatic heterocycles. The first-order chi connectivity index (χ1) is 14.8. The van der Waals surface area contributed by atoms with E-state index in [1.54, 1.807) is 24.3 Å². The number of nitrogens with zero attached hydrogens (tertiary/aromatic N) is 4. The third kappa shape index (κ3) is 4.22. The molecule has 158 valence electrons. The van der Waals surface area contributed by atoms with Gasteiger partial charge in [-0.2, -0.15) is 0 Å². The molecule has 1 aromatic heterocycles. The fourth-order valence-electron chi connectivity index (χ4n) is 3.39. The van der Waals surface area contributed by atoms with E-state index >= 15 is 0 Å². The lowest BCUT2D eigenvalue weighted by atomic mass is 10.0. The van der Waals surface area contributed by atoms with Gasteiger partial charge in [-0.25, -0.2) is 0 Å². The Hall–Kier alpha value is -3.46. The van der Waals surface area contributed by atoms with Crippen LogP contribution in [0.15, 0.2) is 47.6 Å². The van der Waals surface area contributed by atoms with E-state index in [1.165, 1.54) is 25.6 Å². The second-order valence-corrected chi connectivity index (χ2v) is 8.27. The first kappa shape index (κ1) is 20.8. The van der Waals surface area contributed by atoms with Crippen molar-refractivity contribution in [3.05, 3.63) is 53.6 Å². The van der Waals surface area contributed by atoms with Crippen molar-refractivity contribution >= 4 is 40.6 Å². The average Bonchev–Trinajstić information content (AvgIpc) is 3.15. The molecule has 31 heavy (non-hydrogen) atoms. The van der Waals surface area contributed by atoms with Gasteiger partial charge < -0.3 is 10.2 Å². The van der Waals surface area contributed by atoms with Crippen molar-refractivity contribution < 1.29 is 14.4 Å². The van der Waals surface area contributed by atoms with Crippen LogP contribution < -0.4 is 10.2 Å². The molecule has 0 radical (unpaired) electrons. The van der Waals surface area contributed by atoms with Gasteiger partial charge in [0.05, 0.1) is 12.4 Å².